The number of aliphatic hydroxyl groups is 1. The Labute approximate surface area is 95.4 Å². The molecule has 0 aromatic carbocycles. The molecule has 2 fully saturated rings. The molecule has 0 aromatic heterocycles. The molecule has 1 heterocycles. The highest BCUT2D eigenvalue weighted by Crippen LogP contribution is 2.47. The number of likely N-dealkylation sites (tertiary alicyclic amines) is 1. The molecule has 2 atom stereocenters. The van der Waals surface area contributed by atoms with Gasteiger partial charge in [0.25, 0.3) is 0 Å². The average Bonchev–Trinajstić information content (AvgIpc) is 2.71. The van der Waals surface area contributed by atoms with Gasteiger partial charge in [-0.25, -0.2) is 0 Å². The number of carbonyl (C=O) groups is 1. The third-order valence-electron chi connectivity index (χ3n) is 4.06. The molecule has 1 amide bonds. The van der Waals surface area contributed by atoms with Crippen LogP contribution < -0.4 is 0 Å². The zero-order chi connectivity index (χ0) is 10.9. The van der Waals surface area contributed by atoms with Crippen molar-refractivity contribution in [3.05, 3.63) is 0 Å². The molecule has 1 aliphatic heterocycles. The smallest absolute Gasteiger partial charge is 0.237 e. The molecule has 86 valence electrons. The number of hydrogen-bond acceptors (Lipinski definition) is 2. The van der Waals surface area contributed by atoms with Gasteiger partial charge in [-0.1, -0.05) is 6.42 Å². The van der Waals surface area contributed by atoms with Crippen LogP contribution in [-0.4, -0.2) is 41.0 Å². The summed E-state index contributed by atoms with van der Waals surface area (Å²) in [4.78, 5) is 13.6. The van der Waals surface area contributed by atoms with Crippen molar-refractivity contribution in [2.24, 2.45) is 5.41 Å². The summed E-state index contributed by atoms with van der Waals surface area (Å²) >= 11 is 5.61. The van der Waals surface area contributed by atoms with Crippen LogP contribution in [-0.2, 0) is 4.79 Å². The summed E-state index contributed by atoms with van der Waals surface area (Å²) in [5.41, 5.74) is -0.0139. The normalized spacial score (nSPS) is 35.3. The Hall–Kier alpha value is -0.280. The molecule has 1 N–H and O–H groups in total. The fourth-order valence-electron chi connectivity index (χ4n) is 3.29. The number of nitrogens with zero attached hydrogens (tertiary/aromatic N) is 1. The molecule has 1 aliphatic carbocycles. The Kier molecular flexibility index (Phi) is 3.21. The molecule has 0 radical (unpaired) electrons. The van der Waals surface area contributed by atoms with E-state index in [4.69, 9.17) is 11.6 Å². The minimum atomic E-state index is -0.0139. The first-order chi connectivity index (χ1) is 7.23. The van der Waals surface area contributed by atoms with Crippen LogP contribution in [0, 0.1) is 5.41 Å². The van der Waals surface area contributed by atoms with Crippen molar-refractivity contribution in [2.75, 3.05) is 19.0 Å². The Balaban J connectivity index is 2.18. The van der Waals surface area contributed by atoms with E-state index in [2.05, 4.69) is 0 Å². The third kappa shape index (κ3) is 1.76. The lowest BCUT2D eigenvalue weighted by Gasteiger charge is -2.45. The summed E-state index contributed by atoms with van der Waals surface area (Å²) in [6.45, 7) is 1.03. The van der Waals surface area contributed by atoms with Crippen molar-refractivity contribution in [3.63, 3.8) is 0 Å². The predicted molar refractivity (Wildman–Crippen MR) is 58.8 cm³/mol. The summed E-state index contributed by atoms with van der Waals surface area (Å²) < 4.78 is 0. The first-order valence-corrected chi connectivity index (χ1v) is 6.23. The maximum atomic E-state index is 11.7. The lowest BCUT2D eigenvalue weighted by molar-refractivity contribution is -0.137. The van der Waals surface area contributed by atoms with E-state index in [0.29, 0.717) is 0 Å². The molecule has 0 unspecified atom stereocenters. The number of alkyl halides is 1. The van der Waals surface area contributed by atoms with Gasteiger partial charge in [0.2, 0.25) is 5.91 Å². The van der Waals surface area contributed by atoms with Crippen LogP contribution in [0.3, 0.4) is 0 Å². The van der Waals surface area contributed by atoms with Crippen molar-refractivity contribution in [1.82, 2.24) is 4.90 Å². The minimum absolute atomic E-state index is 0.0139. The summed E-state index contributed by atoms with van der Waals surface area (Å²) in [6.07, 6.45) is 5.26. The molecule has 2 aliphatic rings. The van der Waals surface area contributed by atoms with Gasteiger partial charge in [0.15, 0.2) is 0 Å². The number of amides is 1. The zero-order valence-corrected chi connectivity index (χ0v) is 9.67. The monoisotopic (exact) mass is 231 g/mol. The van der Waals surface area contributed by atoms with Crippen LogP contribution in [0.1, 0.15) is 32.1 Å². The van der Waals surface area contributed by atoms with Crippen molar-refractivity contribution in [3.8, 4) is 0 Å². The molecule has 3 nitrogen and oxygen atoms in total. The lowest BCUT2D eigenvalue weighted by atomic mass is 9.75. The predicted octanol–water partition coefficient (Wildman–Crippen LogP) is 1.38. The van der Waals surface area contributed by atoms with E-state index in [1.807, 2.05) is 4.90 Å². The summed E-state index contributed by atoms with van der Waals surface area (Å²) in [5.74, 6) is 0.0963. The van der Waals surface area contributed by atoms with Gasteiger partial charge >= 0.3 is 0 Å². The number of halogens is 1. The van der Waals surface area contributed by atoms with Gasteiger partial charge < -0.3 is 10.0 Å². The molecule has 0 bridgehead atoms. The highest BCUT2D eigenvalue weighted by Gasteiger charge is 2.48. The zero-order valence-electron chi connectivity index (χ0n) is 8.91. The largest absolute Gasteiger partial charge is 0.396 e. The molecule has 2 rings (SSSR count). The lowest BCUT2D eigenvalue weighted by Crippen LogP contribution is -2.53. The Morgan fingerprint density at radius 2 is 2.20 bits per heavy atom. The molecule has 4 heteroatoms. The standard InChI is InChI=1S/C11H18ClNO2/c12-7-10(15)13-6-2-5-11(8-14)4-1-3-9(11)13/h9,14H,1-8H2/t9-,11-/m1/s1. The van der Waals surface area contributed by atoms with Crippen molar-refractivity contribution in [2.45, 2.75) is 38.1 Å². The minimum Gasteiger partial charge on any atom is -0.396 e. The van der Waals surface area contributed by atoms with Crippen molar-refractivity contribution < 1.29 is 9.90 Å². The van der Waals surface area contributed by atoms with Gasteiger partial charge in [0.1, 0.15) is 5.88 Å². The van der Waals surface area contributed by atoms with E-state index in [-0.39, 0.29) is 29.9 Å². The van der Waals surface area contributed by atoms with Gasteiger partial charge in [-0.2, -0.15) is 0 Å². The number of rotatable bonds is 2. The second kappa shape index (κ2) is 4.30. The number of hydrogen-bond donors (Lipinski definition) is 1. The van der Waals surface area contributed by atoms with Crippen molar-refractivity contribution in [1.29, 1.82) is 0 Å². The molecule has 0 aromatic rings. The first kappa shape index (κ1) is 11.2. The number of aliphatic hydroxyl groups excluding tert-OH is 1. The van der Waals surface area contributed by atoms with Gasteiger partial charge in [0.05, 0.1) is 6.61 Å². The van der Waals surface area contributed by atoms with E-state index < -0.39 is 0 Å². The van der Waals surface area contributed by atoms with Crippen LogP contribution >= 0.6 is 11.6 Å². The Morgan fingerprint density at radius 3 is 2.87 bits per heavy atom. The van der Waals surface area contributed by atoms with Crippen LogP contribution in [0.25, 0.3) is 0 Å². The molecule has 1 saturated heterocycles. The van der Waals surface area contributed by atoms with Gasteiger partial charge in [-0.15, -0.1) is 11.6 Å². The SMILES string of the molecule is O=C(CCl)N1CCC[C@@]2(CO)CCC[C@@H]12. The first-order valence-electron chi connectivity index (χ1n) is 5.70. The quantitative estimate of drug-likeness (QED) is 0.730. The summed E-state index contributed by atoms with van der Waals surface area (Å²) in [7, 11) is 0. The maximum Gasteiger partial charge on any atom is 0.237 e. The van der Waals surface area contributed by atoms with Gasteiger partial charge in [0, 0.05) is 18.0 Å². The molecule has 0 spiro atoms. The maximum absolute atomic E-state index is 11.7. The summed E-state index contributed by atoms with van der Waals surface area (Å²) in [5, 5.41) is 9.55. The van der Waals surface area contributed by atoms with E-state index in [9.17, 15) is 9.90 Å². The third-order valence-corrected chi connectivity index (χ3v) is 4.29. The molecular weight excluding hydrogens is 214 g/mol. The van der Waals surface area contributed by atoms with Gasteiger partial charge in [-0.3, -0.25) is 4.79 Å². The average molecular weight is 232 g/mol. The fraction of sp³-hybridized carbons (Fsp3) is 0.909. The molecule has 1 saturated carbocycles. The number of fused-ring (bicyclic) bond motifs is 1. The van der Waals surface area contributed by atoms with E-state index in [1.54, 1.807) is 0 Å². The topological polar surface area (TPSA) is 40.5 Å². The molecular formula is C11H18ClNO2. The summed E-state index contributed by atoms with van der Waals surface area (Å²) in [6, 6.07) is 0.238. The second-order valence-corrected chi connectivity index (χ2v) is 5.02. The number of piperidine rings is 1. The fourth-order valence-corrected chi connectivity index (χ4v) is 3.45. The number of carbonyl (C=O) groups excluding carboxylic acids is 1. The van der Waals surface area contributed by atoms with E-state index in [0.717, 1.165) is 38.6 Å². The van der Waals surface area contributed by atoms with Crippen LogP contribution in [0.2, 0.25) is 0 Å². The van der Waals surface area contributed by atoms with E-state index >= 15 is 0 Å². The molecule has 15 heavy (non-hydrogen) atoms. The van der Waals surface area contributed by atoms with Crippen LogP contribution in [0.4, 0.5) is 0 Å². The van der Waals surface area contributed by atoms with Crippen molar-refractivity contribution >= 4 is 17.5 Å². The highest BCUT2D eigenvalue weighted by atomic mass is 35.5. The Bertz CT molecular complexity index is 259. The second-order valence-electron chi connectivity index (χ2n) is 4.75. The van der Waals surface area contributed by atoms with Gasteiger partial charge in [-0.05, 0) is 25.7 Å². The highest BCUT2D eigenvalue weighted by molar-refractivity contribution is 6.27. The Morgan fingerprint density at radius 1 is 1.47 bits per heavy atom. The van der Waals surface area contributed by atoms with E-state index in [1.165, 1.54) is 0 Å². The van der Waals surface area contributed by atoms with Crippen LogP contribution in [0.15, 0.2) is 0 Å². The van der Waals surface area contributed by atoms with Crippen LogP contribution in [0.5, 0.6) is 0 Å².